The molecule has 0 saturated carbocycles. The number of fused-ring (bicyclic) bond motifs is 1. The Bertz CT molecular complexity index is 855. The van der Waals surface area contributed by atoms with Crippen LogP contribution in [0.25, 0.3) is 15.9 Å². The van der Waals surface area contributed by atoms with E-state index in [1.807, 2.05) is 11.0 Å². The fourth-order valence-corrected chi connectivity index (χ4v) is 4.45. The minimum absolute atomic E-state index is 0.190. The van der Waals surface area contributed by atoms with Crippen LogP contribution in [-0.2, 0) is 0 Å². The highest BCUT2D eigenvalue weighted by Gasteiger charge is 2.20. The van der Waals surface area contributed by atoms with Crippen LogP contribution >= 0.6 is 11.3 Å². The summed E-state index contributed by atoms with van der Waals surface area (Å²) in [4.78, 5) is 15.5. The Balaban J connectivity index is 1.69. The van der Waals surface area contributed by atoms with Crippen LogP contribution < -0.4 is 0 Å². The lowest BCUT2D eigenvalue weighted by Crippen LogP contribution is -2.35. The van der Waals surface area contributed by atoms with E-state index >= 15 is 0 Å². The zero-order valence-corrected chi connectivity index (χ0v) is 14.1. The van der Waals surface area contributed by atoms with Crippen LogP contribution in [0, 0.1) is 6.92 Å². The molecule has 1 amide bonds. The number of hydrogen-bond donors (Lipinski definition) is 0. The minimum atomic E-state index is 0.190. The van der Waals surface area contributed by atoms with E-state index in [1.165, 1.54) is 23.0 Å². The molecule has 1 fully saturated rings. The molecule has 118 valence electrons. The van der Waals surface area contributed by atoms with Crippen molar-refractivity contribution >= 4 is 28.1 Å². The summed E-state index contributed by atoms with van der Waals surface area (Å²) >= 11 is 1.59. The second kappa shape index (κ2) is 5.85. The third kappa shape index (κ3) is 2.57. The van der Waals surface area contributed by atoms with E-state index in [-0.39, 0.29) is 5.91 Å². The summed E-state index contributed by atoms with van der Waals surface area (Å²) in [5.41, 5.74) is 2.40. The second-order valence-electron chi connectivity index (χ2n) is 6.17. The van der Waals surface area contributed by atoms with Crippen molar-refractivity contribution in [3.8, 4) is 5.00 Å². The predicted octanol–water partition coefficient (Wildman–Crippen LogP) is 4.63. The van der Waals surface area contributed by atoms with Gasteiger partial charge in [0, 0.05) is 24.2 Å². The molecule has 0 atom stereocenters. The molecule has 0 spiro atoms. The Kier molecular flexibility index (Phi) is 3.69. The Morgan fingerprint density at radius 2 is 1.83 bits per heavy atom. The summed E-state index contributed by atoms with van der Waals surface area (Å²) in [5, 5.41) is 2.35. The molecule has 0 N–H and O–H groups in total. The van der Waals surface area contributed by atoms with Gasteiger partial charge in [0.2, 0.25) is 0 Å². The number of rotatable bonds is 2. The van der Waals surface area contributed by atoms with Crippen molar-refractivity contribution in [3.63, 3.8) is 0 Å². The first-order chi connectivity index (χ1) is 11.2. The van der Waals surface area contributed by atoms with Gasteiger partial charge in [0.1, 0.15) is 5.00 Å². The Labute approximate surface area is 140 Å². The molecule has 3 nitrogen and oxygen atoms in total. The molecule has 23 heavy (non-hydrogen) atoms. The zero-order chi connectivity index (χ0) is 15.8. The van der Waals surface area contributed by atoms with Crippen molar-refractivity contribution < 1.29 is 4.79 Å². The summed E-state index contributed by atoms with van der Waals surface area (Å²) in [6.07, 6.45) is 3.50. The lowest BCUT2D eigenvalue weighted by Gasteiger charge is -2.26. The highest BCUT2D eigenvalue weighted by molar-refractivity contribution is 7.16. The van der Waals surface area contributed by atoms with Crippen molar-refractivity contribution in [1.82, 2.24) is 9.47 Å². The molecular formula is C19H20N2OS. The normalized spacial score (nSPS) is 15.3. The lowest BCUT2D eigenvalue weighted by atomic mass is 10.1. The van der Waals surface area contributed by atoms with Gasteiger partial charge >= 0.3 is 0 Å². The fraction of sp³-hybridized carbons (Fsp3) is 0.316. The SMILES string of the molecule is Cc1cc2ccccc2n1-c1ccc(C(=O)N2CCCCC2)s1. The maximum absolute atomic E-state index is 12.7. The van der Waals surface area contributed by atoms with Crippen LogP contribution in [0.3, 0.4) is 0 Å². The number of likely N-dealkylation sites (tertiary alicyclic amines) is 1. The number of benzene rings is 1. The van der Waals surface area contributed by atoms with Gasteiger partial charge in [-0.15, -0.1) is 11.3 Å². The van der Waals surface area contributed by atoms with Crippen LogP contribution in [0.15, 0.2) is 42.5 Å². The maximum atomic E-state index is 12.7. The molecule has 2 aromatic heterocycles. The number of hydrogen-bond acceptors (Lipinski definition) is 2. The minimum Gasteiger partial charge on any atom is -0.338 e. The van der Waals surface area contributed by atoms with Gasteiger partial charge in [-0.1, -0.05) is 18.2 Å². The number of aromatic nitrogens is 1. The largest absolute Gasteiger partial charge is 0.338 e. The van der Waals surface area contributed by atoms with E-state index in [2.05, 4.69) is 47.9 Å². The lowest BCUT2D eigenvalue weighted by molar-refractivity contribution is 0.0729. The maximum Gasteiger partial charge on any atom is 0.263 e. The molecule has 1 aliphatic heterocycles. The average molecular weight is 324 g/mol. The first-order valence-corrected chi connectivity index (χ1v) is 9.02. The van der Waals surface area contributed by atoms with Crippen LogP contribution in [0.4, 0.5) is 0 Å². The predicted molar refractivity (Wildman–Crippen MR) is 95.6 cm³/mol. The van der Waals surface area contributed by atoms with Gasteiger partial charge in [0.05, 0.1) is 10.4 Å². The Morgan fingerprint density at radius 3 is 2.65 bits per heavy atom. The first kappa shape index (κ1) is 14.5. The number of piperidine rings is 1. The van der Waals surface area contributed by atoms with Gasteiger partial charge in [0.15, 0.2) is 0 Å². The molecule has 4 heteroatoms. The highest BCUT2D eigenvalue weighted by atomic mass is 32.1. The van der Waals surface area contributed by atoms with Crippen LogP contribution in [0.1, 0.15) is 34.6 Å². The molecule has 3 heterocycles. The van der Waals surface area contributed by atoms with Gasteiger partial charge < -0.3 is 9.47 Å². The summed E-state index contributed by atoms with van der Waals surface area (Å²) < 4.78 is 2.24. The van der Waals surface area contributed by atoms with Crippen LogP contribution in [-0.4, -0.2) is 28.5 Å². The van der Waals surface area contributed by atoms with Gasteiger partial charge in [-0.05, 0) is 50.5 Å². The van der Waals surface area contributed by atoms with E-state index in [1.54, 1.807) is 11.3 Å². The smallest absolute Gasteiger partial charge is 0.263 e. The van der Waals surface area contributed by atoms with Gasteiger partial charge in [-0.2, -0.15) is 0 Å². The number of thiophene rings is 1. The van der Waals surface area contributed by atoms with Gasteiger partial charge in [-0.3, -0.25) is 4.79 Å². The summed E-state index contributed by atoms with van der Waals surface area (Å²) in [6, 6.07) is 14.6. The molecule has 0 aliphatic carbocycles. The molecule has 1 aliphatic rings. The van der Waals surface area contributed by atoms with Crippen molar-refractivity contribution in [3.05, 3.63) is 53.0 Å². The summed E-state index contributed by atoms with van der Waals surface area (Å²) in [5.74, 6) is 0.190. The van der Waals surface area contributed by atoms with Crippen molar-refractivity contribution in [2.45, 2.75) is 26.2 Å². The molecular weight excluding hydrogens is 304 g/mol. The zero-order valence-electron chi connectivity index (χ0n) is 13.3. The molecule has 3 aromatic rings. The fourth-order valence-electron chi connectivity index (χ4n) is 3.40. The Morgan fingerprint density at radius 1 is 1.04 bits per heavy atom. The van der Waals surface area contributed by atoms with Crippen LogP contribution in [0.5, 0.6) is 0 Å². The third-order valence-electron chi connectivity index (χ3n) is 4.56. The molecule has 0 radical (unpaired) electrons. The molecule has 4 rings (SSSR count). The number of amides is 1. The summed E-state index contributed by atoms with van der Waals surface area (Å²) in [6.45, 7) is 3.92. The monoisotopic (exact) mass is 324 g/mol. The van der Waals surface area contributed by atoms with E-state index in [4.69, 9.17) is 0 Å². The molecule has 1 aromatic carbocycles. The van der Waals surface area contributed by atoms with Crippen molar-refractivity contribution in [2.75, 3.05) is 13.1 Å². The van der Waals surface area contributed by atoms with Gasteiger partial charge in [-0.25, -0.2) is 0 Å². The van der Waals surface area contributed by atoms with Gasteiger partial charge in [0.25, 0.3) is 5.91 Å². The van der Waals surface area contributed by atoms with E-state index in [0.717, 1.165) is 35.8 Å². The molecule has 0 unspecified atom stereocenters. The van der Waals surface area contributed by atoms with Crippen LogP contribution in [0.2, 0.25) is 0 Å². The van der Waals surface area contributed by atoms with E-state index in [9.17, 15) is 4.79 Å². The Hall–Kier alpha value is -2.07. The third-order valence-corrected chi connectivity index (χ3v) is 5.62. The average Bonchev–Trinajstić information content (AvgIpc) is 3.18. The number of carbonyl (C=O) groups is 1. The topological polar surface area (TPSA) is 25.2 Å². The number of carbonyl (C=O) groups excluding carboxylic acids is 1. The van der Waals surface area contributed by atoms with Crippen molar-refractivity contribution in [2.24, 2.45) is 0 Å². The quantitative estimate of drug-likeness (QED) is 0.675. The van der Waals surface area contributed by atoms with Crippen molar-refractivity contribution in [1.29, 1.82) is 0 Å². The summed E-state index contributed by atoms with van der Waals surface area (Å²) in [7, 11) is 0. The first-order valence-electron chi connectivity index (χ1n) is 8.20. The molecule has 0 bridgehead atoms. The van der Waals surface area contributed by atoms with E-state index < -0.39 is 0 Å². The standard InChI is InChI=1S/C19H20N2OS/c1-14-13-15-7-3-4-8-16(15)21(14)18-10-9-17(23-18)19(22)20-11-5-2-6-12-20/h3-4,7-10,13H,2,5-6,11-12H2,1H3. The number of aryl methyl sites for hydroxylation is 1. The number of para-hydroxylation sites is 1. The molecule has 1 saturated heterocycles. The second-order valence-corrected chi connectivity index (χ2v) is 7.23. The van der Waals surface area contributed by atoms with E-state index in [0.29, 0.717) is 0 Å². The number of nitrogens with zero attached hydrogens (tertiary/aromatic N) is 2. The highest BCUT2D eigenvalue weighted by Crippen LogP contribution is 2.29.